The fourth-order valence-electron chi connectivity index (χ4n) is 0.568. The van der Waals surface area contributed by atoms with Crippen molar-refractivity contribution in [3.63, 3.8) is 0 Å². The highest BCUT2D eigenvalue weighted by Gasteiger charge is 1.99. The van der Waals surface area contributed by atoms with Crippen LogP contribution < -0.4 is 0 Å². The standard InChI is InChI=1S/C6H14O2.2CH2O3.H2O2/c1-4-5-6(7-2)8-3;2*2-1(3)4;1-2/h6H,4-5H2,1-3H3;2*(H2,2,3,4);1-2H. The van der Waals surface area contributed by atoms with E-state index in [0.717, 1.165) is 12.8 Å². The van der Waals surface area contributed by atoms with Gasteiger partial charge in [0, 0.05) is 14.2 Å². The van der Waals surface area contributed by atoms with Crippen LogP contribution in [0, 0.1) is 0 Å². The molecule has 6 N–H and O–H groups in total. The van der Waals surface area contributed by atoms with Crippen LogP contribution in [-0.4, -0.2) is 63.8 Å². The molecule has 0 atom stereocenters. The van der Waals surface area contributed by atoms with E-state index in [0.29, 0.717) is 0 Å². The molecular formula is C8H20O10. The lowest BCUT2D eigenvalue weighted by molar-refractivity contribution is -0.176. The summed E-state index contributed by atoms with van der Waals surface area (Å²) in [6.45, 7) is 2.10. The molecule has 0 rings (SSSR count). The van der Waals surface area contributed by atoms with Crippen LogP contribution in [0.4, 0.5) is 9.59 Å². The van der Waals surface area contributed by atoms with Crippen LogP contribution >= 0.6 is 0 Å². The molecule has 18 heavy (non-hydrogen) atoms. The molecule has 10 nitrogen and oxygen atoms in total. The van der Waals surface area contributed by atoms with Gasteiger partial charge in [0.1, 0.15) is 0 Å². The van der Waals surface area contributed by atoms with Crippen molar-refractivity contribution in [3.05, 3.63) is 0 Å². The van der Waals surface area contributed by atoms with Gasteiger partial charge >= 0.3 is 12.3 Å². The van der Waals surface area contributed by atoms with E-state index in [1.165, 1.54) is 0 Å². The van der Waals surface area contributed by atoms with Gasteiger partial charge in [0.05, 0.1) is 0 Å². The smallest absolute Gasteiger partial charge is 0.450 e. The predicted molar refractivity (Wildman–Crippen MR) is 59.3 cm³/mol. The number of methoxy groups -OCH3 is 2. The van der Waals surface area contributed by atoms with Crippen LogP contribution in [0.25, 0.3) is 0 Å². The molecule has 0 aliphatic heterocycles. The Morgan fingerprint density at radius 3 is 1.22 bits per heavy atom. The molecule has 0 aliphatic carbocycles. The summed E-state index contributed by atoms with van der Waals surface area (Å²) >= 11 is 0. The molecule has 0 saturated heterocycles. The molecule has 0 spiro atoms. The highest BCUT2D eigenvalue weighted by molar-refractivity contribution is 5.53. The molecule has 0 aliphatic rings. The van der Waals surface area contributed by atoms with Gasteiger partial charge in [-0.3, -0.25) is 10.5 Å². The third-order valence-corrected chi connectivity index (χ3v) is 1.05. The van der Waals surface area contributed by atoms with Gasteiger partial charge < -0.3 is 29.9 Å². The van der Waals surface area contributed by atoms with Crippen molar-refractivity contribution in [1.82, 2.24) is 0 Å². The lowest BCUT2D eigenvalue weighted by atomic mass is 10.3. The summed E-state index contributed by atoms with van der Waals surface area (Å²) in [6, 6.07) is 0. The lowest BCUT2D eigenvalue weighted by Gasteiger charge is -2.10. The first-order chi connectivity index (χ1) is 8.31. The highest BCUT2D eigenvalue weighted by Crippen LogP contribution is 1.99. The Hall–Kier alpha value is -1.62. The van der Waals surface area contributed by atoms with Crippen molar-refractivity contribution < 1.29 is 50.0 Å². The van der Waals surface area contributed by atoms with Crippen LogP contribution in [0.2, 0.25) is 0 Å². The van der Waals surface area contributed by atoms with Crippen LogP contribution in [0.1, 0.15) is 19.8 Å². The quantitative estimate of drug-likeness (QED) is 0.252. The van der Waals surface area contributed by atoms with Gasteiger partial charge in [-0.05, 0) is 6.42 Å². The molecule has 0 aromatic heterocycles. The zero-order valence-corrected chi connectivity index (χ0v) is 10.3. The molecule has 0 fully saturated rings. The van der Waals surface area contributed by atoms with Gasteiger partial charge in [0.2, 0.25) is 0 Å². The molecule has 0 saturated carbocycles. The number of carboxylic acid groups (broad SMARTS) is 4. The summed E-state index contributed by atoms with van der Waals surface area (Å²) in [7, 11) is 3.31. The summed E-state index contributed by atoms with van der Waals surface area (Å²) in [5.41, 5.74) is 0. The van der Waals surface area contributed by atoms with Crippen LogP contribution in [0.5, 0.6) is 0 Å². The maximum Gasteiger partial charge on any atom is 0.503 e. The molecule has 0 heterocycles. The summed E-state index contributed by atoms with van der Waals surface area (Å²) in [4.78, 5) is 17.1. The second-order valence-corrected chi connectivity index (χ2v) is 2.25. The minimum absolute atomic E-state index is 0.000000000000000444. The monoisotopic (exact) mass is 276 g/mol. The third-order valence-electron chi connectivity index (χ3n) is 1.05. The van der Waals surface area contributed by atoms with Crippen molar-refractivity contribution in [2.24, 2.45) is 0 Å². The second kappa shape index (κ2) is 24.6. The molecule has 0 aromatic carbocycles. The van der Waals surface area contributed by atoms with Crippen molar-refractivity contribution >= 4 is 12.3 Å². The van der Waals surface area contributed by atoms with E-state index in [1.54, 1.807) is 14.2 Å². The number of rotatable bonds is 4. The first-order valence-electron chi connectivity index (χ1n) is 4.41. The van der Waals surface area contributed by atoms with Crippen molar-refractivity contribution in [3.8, 4) is 0 Å². The Morgan fingerprint density at radius 1 is 0.944 bits per heavy atom. The van der Waals surface area contributed by atoms with Crippen LogP contribution in [0.15, 0.2) is 0 Å². The van der Waals surface area contributed by atoms with E-state index < -0.39 is 12.3 Å². The average molecular weight is 276 g/mol. The Kier molecular flexibility index (Phi) is 34.5. The zero-order chi connectivity index (χ0) is 15.6. The molecule has 0 radical (unpaired) electrons. The fraction of sp³-hybridized carbons (Fsp3) is 0.750. The zero-order valence-electron chi connectivity index (χ0n) is 10.3. The van der Waals surface area contributed by atoms with Gasteiger partial charge in [-0.25, -0.2) is 9.59 Å². The van der Waals surface area contributed by atoms with Gasteiger partial charge in [0.25, 0.3) is 0 Å². The minimum Gasteiger partial charge on any atom is -0.450 e. The van der Waals surface area contributed by atoms with E-state index in [1.807, 2.05) is 0 Å². The summed E-state index contributed by atoms with van der Waals surface area (Å²) in [5.74, 6) is 0. The number of hydrogen-bond donors (Lipinski definition) is 6. The van der Waals surface area contributed by atoms with Crippen molar-refractivity contribution in [2.75, 3.05) is 14.2 Å². The molecule has 0 amide bonds. The number of carbonyl (C=O) groups is 2. The van der Waals surface area contributed by atoms with E-state index in [2.05, 4.69) is 6.92 Å². The van der Waals surface area contributed by atoms with Crippen molar-refractivity contribution in [1.29, 1.82) is 0 Å². The Bertz CT molecular complexity index is 147. The van der Waals surface area contributed by atoms with Gasteiger partial charge in [-0.15, -0.1) is 0 Å². The molecule has 0 aromatic rings. The summed E-state index contributed by atoms with van der Waals surface area (Å²) in [5, 5.41) is 39.9. The molecule has 0 bridgehead atoms. The summed E-state index contributed by atoms with van der Waals surface area (Å²) < 4.78 is 9.84. The minimum atomic E-state index is -1.83. The van der Waals surface area contributed by atoms with E-state index in [9.17, 15) is 0 Å². The Morgan fingerprint density at radius 2 is 1.17 bits per heavy atom. The third kappa shape index (κ3) is 88.9. The molecule has 0 unspecified atom stereocenters. The molecular weight excluding hydrogens is 256 g/mol. The van der Waals surface area contributed by atoms with E-state index in [4.69, 9.17) is 50.0 Å². The van der Waals surface area contributed by atoms with Gasteiger partial charge in [-0.2, -0.15) is 0 Å². The molecule has 10 heteroatoms. The first kappa shape index (κ1) is 25.3. The molecule has 112 valence electrons. The summed E-state index contributed by atoms with van der Waals surface area (Å²) in [6.07, 6.45) is -1.58. The number of ether oxygens (including phenoxy) is 2. The normalized spacial score (nSPS) is 7.67. The van der Waals surface area contributed by atoms with Crippen LogP contribution in [0.3, 0.4) is 0 Å². The van der Waals surface area contributed by atoms with E-state index >= 15 is 0 Å². The first-order valence-corrected chi connectivity index (χ1v) is 4.41. The highest BCUT2D eigenvalue weighted by atomic mass is 17.0. The number of hydrogen-bond acceptors (Lipinski definition) is 6. The Labute approximate surface area is 104 Å². The predicted octanol–water partition coefficient (Wildman–Crippen LogP) is 1.87. The van der Waals surface area contributed by atoms with Gasteiger partial charge in [-0.1, -0.05) is 13.3 Å². The topological polar surface area (TPSA) is 174 Å². The maximum atomic E-state index is 8.56. The SMILES string of the molecule is CCCC(OC)OC.O=C(O)O.O=C(O)O.OO. The van der Waals surface area contributed by atoms with E-state index in [-0.39, 0.29) is 6.29 Å². The second-order valence-electron chi connectivity index (χ2n) is 2.25. The largest absolute Gasteiger partial charge is 0.503 e. The van der Waals surface area contributed by atoms with Crippen LogP contribution in [-0.2, 0) is 9.47 Å². The maximum absolute atomic E-state index is 8.56. The Balaban J connectivity index is -0.0000000834. The van der Waals surface area contributed by atoms with Gasteiger partial charge in [0.15, 0.2) is 6.29 Å². The fourth-order valence-corrected chi connectivity index (χ4v) is 0.568. The lowest BCUT2D eigenvalue weighted by Crippen LogP contribution is -2.11. The average Bonchev–Trinajstić information content (AvgIpc) is 2.27. The van der Waals surface area contributed by atoms with Crippen molar-refractivity contribution in [2.45, 2.75) is 26.1 Å².